The van der Waals surface area contributed by atoms with E-state index in [9.17, 15) is 14.4 Å². The highest BCUT2D eigenvalue weighted by atomic mass is 79.9. The van der Waals surface area contributed by atoms with Crippen LogP contribution in [-0.4, -0.2) is 76.0 Å². The van der Waals surface area contributed by atoms with Crippen molar-refractivity contribution in [1.82, 2.24) is 30.5 Å². The van der Waals surface area contributed by atoms with Crippen LogP contribution in [0.4, 0.5) is 0 Å². The fourth-order valence-corrected chi connectivity index (χ4v) is 2.92. The summed E-state index contributed by atoms with van der Waals surface area (Å²) in [7, 11) is 5.60. The van der Waals surface area contributed by atoms with Crippen LogP contribution in [-0.2, 0) is 29.2 Å². The van der Waals surface area contributed by atoms with Crippen LogP contribution in [0, 0.1) is 0 Å². The number of hydrogen-bond acceptors (Lipinski definition) is 9. The molecular formula is C32H43BrN7O4+. The van der Waals surface area contributed by atoms with E-state index < -0.39 is 5.97 Å². The van der Waals surface area contributed by atoms with Crippen LogP contribution in [0.2, 0.25) is 0 Å². The lowest BCUT2D eigenvalue weighted by Gasteiger charge is -2.09. The molecule has 0 saturated carbocycles. The lowest BCUT2D eigenvalue weighted by molar-refractivity contribution is -0.392. The van der Waals surface area contributed by atoms with Crippen LogP contribution < -0.4 is 15.6 Å². The number of carbonyl (C=O) groups excluding carboxylic acids is 2. The summed E-state index contributed by atoms with van der Waals surface area (Å²) in [6, 6.07) is 22.7. The number of pyridine rings is 4. The molecular weight excluding hydrogens is 626 g/mol. The number of aliphatic carboxylic acids is 1. The molecule has 0 aromatic carbocycles. The molecule has 4 rings (SSSR count). The van der Waals surface area contributed by atoms with Crippen molar-refractivity contribution in [2.45, 2.75) is 26.6 Å². The number of rotatable bonds is 10. The number of aromatic amines is 1. The summed E-state index contributed by atoms with van der Waals surface area (Å²) in [6.07, 6.45) is 7.73. The molecule has 0 fully saturated rings. The van der Waals surface area contributed by atoms with Gasteiger partial charge in [0.05, 0.1) is 29.8 Å². The number of nitrogens with zero attached hydrogens (tertiary/aromatic N) is 4. The van der Waals surface area contributed by atoms with Crippen molar-refractivity contribution in [3.8, 4) is 0 Å². The first kappa shape index (κ1) is 39.8. The molecule has 0 spiro atoms. The number of aromatic nitrogens is 4. The monoisotopic (exact) mass is 668 g/mol. The molecule has 0 saturated heterocycles. The number of likely N-dealkylation sites (N-methyl/N-ethyl adjacent to an activating group) is 1. The highest BCUT2D eigenvalue weighted by Gasteiger charge is 2.07. The minimum absolute atomic E-state index is 0.0583. The summed E-state index contributed by atoms with van der Waals surface area (Å²) >= 11 is 2.96. The Kier molecular flexibility index (Phi) is 24.9. The number of H-pyrrole nitrogens is 1. The molecule has 4 heterocycles. The molecule has 0 aliphatic rings. The van der Waals surface area contributed by atoms with Crippen LogP contribution in [0.15, 0.2) is 97.6 Å². The SMILES string of the molecule is CC(=O)CBr.CN(CC(=O)O)Cc1cccc[nH+]1.CNCc1ccccn1.CNCc1ccccn1.O=Cc1ccccn1. The average Bonchev–Trinajstić information content (AvgIpc) is 3.04. The van der Waals surface area contributed by atoms with E-state index in [0.29, 0.717) is 17.6 Å². The van der Waals surface area contributed by atoms with E-state index >= 15 is 0 Å². The second-order valence-electron chi connectivity index (χ2n) is 8.86. The average molecular weight is 670 g/mol. The predicted octanol–water partition coefficient (Wildman–Crippen LogP) is 3.48. The Hall–Kier alpha value is -4.23. The van der Waals surface area contributed by atoms with Crippen molar-refractivity contribution < 1.29 is 24.5 Å². The van der Waals surface area contributed by atoms with E-state index in [1.54, 1.807) is 48.7 Å². The van der Waals surface area contributed by atoms with Crippen LogP contribution >= 0.6 is 15.9 Å². The number of aldehydes is 1. The molecule has 0 bridgehead atoms. The zero-order valence-electron chi connectivity index (χ0n) is 25.7. The molecule has 0 radical (unpaired) electrons. The van der Waals surface area contributed by atoms with Crippen LogP contribution in [0.1, 0.15) is 34.5 Å². The van der Waals surface area contributed by atoms with Gasteiger partial charge in [0, 0.05) is 43.8 Å². The van der Waals surface area contributed by atoms with E-state index in [1.807, 2.05) is 74.9 Å². The van der Waals surface area contributed by atoms with Gasteiger partial charge in [-0.05, 0) is 64.5 Å². The third-order valence-corrected chi connectivity index (χ3v) is 5.57. The Morgan fingerprint density at radius 1 is 0.864 bits per heavy atom. The van der Waals surface area contributed by atoms with Gasteiger partial charge in [-0.25, -0.2) is 4.98 Å². The molecule has 4 aromatic heterocycles. The van der Waals surface area contributed by atoms with Crippen molar-refractivity contribution in [2.24, 2.45) is 0 Å². The van der Waals surface area contributed by atoms with Gasteiger partial charge in [-0.1, -0.05) is 40.2 Å². The van der Waals surface area contributed by atoms with Gasteiger partial charge in [-0.3, -0.25) is 34.2 Å². The van der Waals surface area contributed by atoms with Gasteiger partial charge in [0.15, 0.2) is 18.2 Å². The Balaban J connectivity index is 0.000000541. The van der Waals surface area contributed by atoms with Crippen LogP contribution in [0.5, 0.6) is 0 Å². The first-order chi connectivity index (χ1) is 21.2. The van der Waals surface area contributed by atoms with Crippen LogP contribution in [0.25, 0.3) is 0 Å². The largest absolute Gasteiger partial charge is 0.480 e. The Morgan fingerprint density at radius 3 is 1.68 bits per heavy atom. The topological polar surface area (TPSA) is 152 Å². The lowest BCUT2D eigenvalue weighted by atomic mass is 10.3. The number of hydrogen-bond donors (Lipinski definition) is 3. The molecule has 0 aliphatic heterocycles. The van der Waals surface area contributed by atoms with Crippen molar-refractivity contribution in [2.75, 3.05) is 33.0 Å². The van der Waals surface area contributed by atoms with Gasteiger partial charge in [-0.2, -0.15) is 0 Å². The number of halogens is 1. The Bertz CT molecular complexity index is 1220. The second kappa shape index (κ2) is 27.6. The third kappa shape index (κ3) is 24.4. The van der Waals surface area contributed by atoms with Gasteiger partial charge in [-0.15, -0.1) is 0 Å². The van der Waals surface area contributed by atoms with Gasteiger partial charge >= 0.3 is 5.97 Å². The molecule has 4 aromatic rings. The summed E-state index contributed by atoms with van der Waals surface area (Å²) < 4.78 is 0. The molecule has 0 unspecified atom stereocenters. The van der Waals surface area contributed by atoms with Gasteiger partial charge in [0.2, 0.25) is 0 Å². The fourth-order valence-electron chi connectivity index (χ4n) is 2.92. The van der Waals surface area contributed by atoms with Crippen molar-refractivity contribution in [3.05, 3.63) is 120 Å². The van der Waals surface area contributed by atoms with E-state index in [4.69, 9.17) is 5.11 Å². The maximum absolute atomic E-state index is 10.3. The third-order valence-electron chi connectivity index (χ3n) is 4.78. The number of carbonyl (C=O) groups is 3. The number of carboxylic acid groups (broad SMARTS) is 1. The van der Waals surface area contributed by atoms with Gasteiger partial charge in [0.25, 0.3) is 0 Å². The smallest absolute Gasteiger partial charge is 0.317 e. The number of alkyl halides is 1. The predicted molar refractivity (Wildman–Crippen MR) is 175 cm³/mol. The van der Waals surface area contributed by atoms with E-state index in [-0.39, 0.29) is 12.3 Å². The van der Waals surface area contributed by atoms with Crippen molar-refractivity contribution >= 4 is 34.0 Å². The highest BCUT2D eigenvalue weighted by molar-refractivity contribution is 9.09. The number of ketones is 1. The molecule has 0 atom stereocenters. The van der Waals surface area contributed by atoms with Crippen molar-refractivity contribution in [1.29, 1.82) is 0 Å². The van der Waals surface area contributed by atoms with E-state index in [0.717, 1.165) is 36.5 Å². The minimum Gasteiger partial charge on any atom is -0.480 e. The van der Waals surface area contributed by atoms with Gasteiger partial charge in [0.1, 0.15) is 11.5 Å². The summed E-state index contributed by atoms with van der Waals surface area (Å²) in [5.41, 5.74) is 3.65. The Labute approximate surface area is 268 Å². The quantitative estimate of drug-likeness (QED) is 0.169. The highest BCUT2D eigenvalue weighted by Crippen LogP contribution is 1.94. The first-order valence-corrected chi connectivity index (χ1v) is 14.7. The molecule has 236 valence electrons. The second-order valence-corrected chi connectivity index (χ2v) is 9.43. The lowest BCUT2D eigenvalue weighted by Crippen LogP contribution is -2.28. The maximum Gasteiger partial charge on any atom is 0.317 e. The van der Waals surface area contributed by atoms with E-state index in [1.165, 1.54) is 6.92 Å². The zero-order chi connectivity index (χ0) is 32.8. The fraction of sp³-hybridized carbons (Fsp3) is 0.281. The van der Waals surface area contributed by atoms with E-state index in [2.05, 4.69) is 46.5 Å². The zero-order valence-corrected chi connectivity index (χ0v) is 27.3. The molecule has 0 amide bonds. The first-order valence-electron chi connectivity index (χ1n) is 13.6. The molecule has 4 N–H and O–H groups in total. The maximum atomic E-state index is 10.3. The minimum atomic E-state index is -0.807. The standard InChI is InChI=1S/C9H12N2O2.2C7H10N2.C6H5NO.C3H5BrO/c1-11(7-9(12)13)6-8-4-2-3-5-10-8;2*1-8-6-7-4-2-3-5-9-7;8-5-6-3-1-2-4-7-6;1-3(5)2-4/h2-5H,6-7H2,1H3,(H,12,13);2*2-5,8H,6H2,1H3;1-5H;2H2,1H3/p+1. The summed E-state index contributed by atoms with van der Waals surface area (Å²) in [5, 5.41) is 15.0. The number of carboxylic acids is 1. The normalized spacial score (nSPS) is 9.32. The van der Waals surface area contributed by atoms with Crippen molar-refractivity contribution in [3.63, 3.8) is 0 Å². The summed E-state index contributed by atoms with van der Waals surface area (Å²) in [4.78, 5) is 46.8. The summed E-state index contributed by atoms with van der Waals surface area (Å²) in [5.74, 6) is -0.636. The van der Waals surface area contributed by atoms with Crippen LogP contribution in [0.3, 0.4) is 0 Å². The molecule has 11 nitrogen and oxygen atoms in total. The number of Topliss-reactive ketones (excluding diaryl/α,β-unsaturated/α-hetero) is 1. The number of nitrogens with one attached hydrogen (secondary N) is 3. The van der Waals surface area contributed by atoms with Gasteiger partial charge < -0.3 is 15.7 Å². The molecule has 0 aliphatic carbocycles. The Morgan fingerprint density at radius 2 is 1.36 bits per heavy atom. The molecule has 44 heavy (non-hydrogen) atoms. The molecule has 12 heteroatoms. The summed E-state index contributed by atoms with van der Waals surface area (Å²) in [6.45, 7) is 3.91.